The van der Waals surface area contributed by atoms with Gasteiger partial charge in [0, 0.05) is 23.6 Å². The summed E-state index contributed by atoms with van der Waals surface area (Å²) in [6.07, 6.45) is 2.19. The van der Waals surface area contributed by atoms with Crippen molar-refractivity contribution in [2.24, 2.45) is 0 Å². The molecular formula is C22H24ClN3O4S. The van der Waals surface area contributed by atoms with Gasteiger partial charge in [-0.15, -0.1) is 0 Å². The van der Waals surface area contributed by atoms with Crippen molar-refractivity contribution in [2.75, 3.05) is 29.7 Å². The van der Waals surface area contributed by atoms with Crippen molar-refractivity contribution in [1.29, 1.82) is 0 Å². The molecule has 1 atom stereocenters. The zero-order valence-corrected chi connectivity index (χ0v) is 18.5. The van der Waals surface area contributed by atoms with E-state index in [0.717, 1.165) is 35.8 Å². The molecule has 0 saturated carbocycles. The summed E-state index contributed by atoms with van der Waals surface area (Å²) in [5.74, 6) is -1.01. The van der Waals surface area contributed by atoms with Gasteiger partial charge in [0.05, 0.1) is 17.5 Å². The smallest absolute Gasteiger partial charge is 0.251 e. The lowest BCUT2D eigenvalue weighted by Crippen LogP contribution is -2.37. The molecule has 4 rings (SSSR count). The average molecular weight is 462 g/mol. The quantitative estimate of drug-likeness (QED) is 0.714. The van der Waals surface area contributed by atoms with Crippen LogP contribution in [0.5, 0.6) is 0 Å². The molecular weight excluding hydrogens is 438 g/mol. The lowest BCUT2D eigenvalue weighted by molar-refractivity contribution is -0.116. The highest BCUT2D eigenvalue weighted by atomic mass is 35.5. The van der Waals surface area contributed by atoms with E-state index in [9.17, 15) is 18.0 Å². The van der Waals surface area contributed by atoms with Gasteiger partial charge in [0.25, 0.3) is 5.91 Å². The Balaban J connectivity index is 1.51. The fraction of sp³-hybridized carbons (Fsp3) is 0.364. The number of amides is 2. The fourth-order valence-corrected chi connectivity index (χ4v) is 5.81. The fourth-order valence-electron chi connectivity index (χ4n) is 4.16. The molecule has 2 fully saturated rings. The summed E-state index contributed by atoms with van der Waals surface area (Å²) >= 11 is 6.18. The molecule has 1 N–H and O–H groups in total. The summed E-state index contributed by atoms with van der Waals surface area (Å²) in [6.45, 7) is 2.30. The average Bonchev–Trinajstić information content (AvgIpc) is 3.36. The predicted molar refractivity (Wildman–Crippen MR) is 120 cm³/mol. The lowest BCUT2D eigenvalue weighted by Gasteiger charge is -2.28. The topological polar surface area (TPSA) is 86.8 Å². The van der Waals surface area contributed by atoms with Gasteiger partial charge in [0.1, 0.15) is 0 Å². The van der Waals surface area contributed by atoms with Gasteiger partial charge < -0.3 is 5.32 Å². The van der Waals surface area contributed by atoms with Crippen LogP contribution in [0, 0.1) is 0 Å². The van der Waals surface area contributed by atoms with E-state index in [2.05, 4.69) is 10.2 Å². The maximum Gasteiger partial charge on any atom is 0.251 e. The minimum Gasteiger partial charge on any atom is -0.350 e. The Labute approximate surface area is 187 Å². The van der Waals surface area contributed by atoms with Crippen molar-refractivity contribution in [2.45, 2.75) is 25.3 Å². The third kappa shape index (κ3) is 4.76. The molecule has 2 aliphatic heterocycles. The normalized spacial score (nSPS) is 19.5. The van der Waals surface area contributed by atoms with Crippen molar-refractivity contribution in [1.82, 2.24) is 10.2 Å². The van der Waals surface area contributed by atoms with Gasteiger partial charge >= 0.3 is 0 Å². The molecule has 2 amide bonds. The van der Waals surface area contributed by atoms with Gasteiger partial charge in [-0.1, -0.05) is 29.8 Å². The Bertz CT molecular complexity index is 1100. The SMILES string of the molecule is O=C(NC[C@H](c1cccc(Cl)c1)N1CCCC1)c1cccc(N2C(=O)CCS2(=O)=O)c1. The second-order valence-electron chi connectivity index (χ2n) is 7.80. The molecule has 0 spiro atoms. The first-order chi connectivity index (χ1) is 14.8. The van der Waals surface area contributed by atoms with E-state index in [-0.39, 0.29) is 29.8 Å². The molecule has 9 heteroatoms. The number of anilines is 1. The van der Waals surface area contributed by atoms with Crippen molar-refractivity contribution in [3.05, 3.63) is 64.7 Å². The largest absolute Gasteiger partial charge is 0.350 e. The van der Waals surface area contributed by atoms with Crippen LogP contribution < -0.4 is 9.62 Å². The standard InChI is InChI=1S/C22H24ClN3O4S/c23-18-7-3-5-16(13-18)20(25-10-1-2-11-25)15-24-22(28)17-6-4-8-19(14-17)26-21(27)9-12-31(26,29)30/h3-8,13-14,20H,1-2,9-12,15H2,(H,24,28)/t20-/m1/s1. The summed E-state index contributed by atoms with van der Waals surface area (Å²) in [5.41, 5.74) is 1.54. The second kappa shape index (κ2) is 8.98. The van der Waals surface area contributed by atoms with Crippen LogP contribution in [-0.2, 0) is 14.8 Å². The Hall–Kier alpha value is -2.42. The molecule has 2 aromatic rings. The minimum atomic E-state index is -3.68. The Morgan fingerprint density at radius 1 is 1.10 bits per heavy atom. The lowest BCUT2D eigenvalue weighted by atomic mass is 10.1. The number of halogens is 1. The van der Waals surface area contributed by atoms with Crippen molar-refractivity contribution >= 4 is 39.1 Å². The third-order valence-electron chi connectivity index (χ3n) is 5.69. The van der Waals surface area contributed by atoms with Crippen LogP contribution in [0.4, 0.5) is 5.69 Å². The predicted octanol–water partition coefficient (Wildman–Crippen LogP) is 2.97. The molecule has 0 aliphatic carbocycles. The highest BCUT2D eigenvalue weighted by molar-refractivity contribution is 7.94. The van der Waals surface area contributed by atoms with E-state index >= 15 is 0 Å². The number of carbonyl (C=O) groups excluding carboxylic acids is 2. The number of nitrogens with one attached hydrogen (secondary N) is 1. The summed E-state index contributed by atoms with van der Waals surface area (Å²) in [5, 5.41) is 3.62. The maximum atomic E-state index is 12.9. The molecule has 0 bridgehead atoms. The van der Waals surface area contributed by atoms with Crippen LogP contribution in [-0.4, -0.2) is 50.5 Å². The Kier molecular flexibility index (Phi) is 6.31. The summed E-state index contributed by atoms with van der Waals surface area (Å²) in [7, 11) is -3.68. The highest BCUT2D eigenvalue weighted by Gasteiger charge is 2.36. The van der Waals surface area contributed by atoms with Crippen LogP contribution in [0.25, 0.3) is 0 Å². The van der Waals surface area contributed by atoms with Gasteiger partial charge in [0.15, 0.2) is 0 Å². The summed E-state index contributed by atoms with van der Waals surface area (Å²) in [4.78, 5) is 27.2. The molecule has 0 unspecified atom stereocenters. The second-order valence-corrected chi connectivity index (χ2v) is 10.2. The molecule has 7 nitrogen and oxygen atoms in total. The number of carbonyl (C=O) groups is 2. The molecule has 0 aromatic heterocycles. The van der Waals surface area contributed by atoms with Gasteiger partial charge in [-0.05, 0) is 61.8 Å². The van der Waals surface area contributed by atoms with E-state index in [1.165, 1.54) is 12.1 Å². The monoisotopic (exact) mass is 461 g/mol. The van der Waals surface area contributed by atoms with E-state index in [1.54, 1.807) is 12.1 Å². The molecule has 2 saturated heterocycles. The first kappa shape index (κ1) is 21.8. The van der Waals surface area contributed by atoms with Crippen molar-refractivity contribution in [3.8, 4) is 0 Å². The summed E-state index contributed by atoms with van der Waals surface area (Å²) in [6, 6.07) is 13.8. The minimum absolute atomic E-state index is 0.00568. The van der Waals surface area contributed by atoms with Gasteiger partial charge in [-0.25, -0.2) is 12.7 Å². The van der Waals surface area contributed by atoms with Crippen LogP contribution in [0.2, 0.25) is 5.02 Å². The Morgan fingerprint density at radius 2 is 1.84 bits per heavy atom. The number of sulfonamides is 1. The van der Waals surface area contributed by atoms with Gasteiger partial charge in [-0.2, -0.15) is 0 Å². The number of likely N-dealkylation sites (tertiary alicyclic amines) is 1. The molecule has 2 aromatic carbocycles. The number of nitrogens with zero attached hydrogens (tertiary/aromatic N) is 2. The van der Waals surface area contributed by atoms with Gasteiger partial charge in [-0.3, -0.25) is 14.5 Å². The zero-order chi connectivity index (χ0) is 22.0. The highest BCUT2D eigenvalue weighted by Crippen LogP contribution is 2.28. The number of benzene rings is 2. The van der Waals surface area contributed by atoms with E-state index in [4.69, 9.17) is 11.6 Å². The van der Waals surface area contributed by atoms with Crippen LogP contribution in [0.3, 0.4) is 0 Å². The first-order valence-electron chi connectivity index (χ1n) is 10.3. The number of rotatable bonds is 6. The van der Waals surface area contributed by atoms with E-state index in [0.29, 0.717) is 17.1 Å². The number of hydrogen-bond acceptors (Lipinski definition) is 5. The molecule has 0 radical (unpaired) electrons. The van der Waals surface area contributed by atoms with Gasteiger partial charge in [0.2, 0.25) is 15.9 Å². The summed E-state index contributed by atoms with van der Waals surface area (Å²) < 4.78 is 25.2. The molecule has 164 valence electrons. The number of hydrogen-bond donors (Lipinski definition) is 1. The molecule has 2 aliphatic rings. The first-order valence-corrected chi connectivity index (χ1v) is 12.3. The zero-order valence-electron chi connectivity index (χ0n) is 17.0. The Morgan fingerprint density at radius 3 is 2.52 bits per heavy atom. The van der Waals surface area contributed by atoms with E-state index < -0.39 is 15.9 Å². The van der Waals surface area contributed by atoms with Crippen molar-refractivity contribution in [3.63, 3.8) is 0 Å². The third-order valence-corrected chi connectivity index (χ3v) is 7.62. The maximum absolute atomic E-state index is 12.9. The van der Waals surface area contributed by atoms with Crippen LogP contribution in [0.15, 0.2) is 48.5 Å². The van der Waals surface area contributed by atoms with Crippen LogP contribution in [0.1, 0.15) is 41.2 Å². The van der Waals surface area contributed by atoms with E-state index in [1.807, 2.05) is 24.3 Å². The van der Waals surface area contributed by atoms with Crippen LogP contribution >= 0.6 is 11.6 Å². The molecule has 31 heavy (non-hydrogen) atoms. The molecule has 2 heterocycles. The van der Waals surface area contributed by atoms with Crippen molar-refractivity contribution < 1.29 is 18.0 Å².